The molecule has 0 bridgehead atoms. The van der Waals surface area contributed by atoms with Crippen molar-refractivity contribution in [2.75, 3.05) is 0 Å². The van der Waals surface area contributed by atoms with Crippen LogP contribution in [0, 0.1) is 6.92 Å². The number of aryl methyl sites for hydroxylation is 1. The van der Waals surface area contributed by atoms with Crippen molar-refractivity contribution >= 4 is 310 Å². The van der Waals surface area contributed by atoms with Gasteiger partial charge in [-0.15, -0.1) is 0 Å². The lowest BCUT2D eigenvalue weighted by atomic mass is 9.78. The van der Waals surface area contributed by atoms with Gasteiger partial charge in [0, 0.05) is 315 Å². The van der Waals surface area contributed by atoms with Gasteiger partial charge in [0.05, 0.1) is 16.9 Å². The lowest BCUT2D eigenvalue weighted by Crippen LogP contribution is -2.41. The predicted molar refractivity (Wildman–Crippen MR) is 359 cm³/mol. The molecule has 1 fully saturated rings. The molecule has 0 aliphatic carbocycles. The van der Waals surface area contributed by atoms with Gasteiger partial charge in [0.15, 0.2) is 0 Å². The monoisotopic (exact) mass is 1430 g/mol. The maximum atomic E-state index is 6.14. The Balaban J connectivity index is 0.000000328. The first-order valence-corrected chi connectivity index (χ1v) is 57.7. The van der Waals surface area contributed by atoms with Crippen LogP contribution in [-0.2, 0) is 307 Å². The van der Waals surface area contributed by atoms with Gasteiger partial charge in [0.25, 0.3) is 0 Å². The molecule has 0 N–H and O–H groups in total. The van der Waals surface area contributed by atoms with E-state index in [2.05, 4.69) is 89.2 Å². The van der Waals surface area contributed by atoms with Crippen molar-refractivity contribution in [1.29, 1.82) is 0 Å². The lowest BCUT2D eigenvalue weighted by Gasteiger charge is -2.32. The number of pyridine rings is 1. The summed E-state index contributed by atoms with van der Waals surface area (Å²) in [6, 6.07) is 20.8. The number of nitrogens with zero attached hydrogens (tertiary/aromatic N) is 1. The molecule has 2 heterocycles. The summed E-state index contributed by atoms with van der Waals surface area (Å²) in [5, 5.41) is 0. The van der Waals surface area contributed by atoms with Crippen molar-refractivity contribution in [3.05, 3.63) is 72.4 Å². The molecule has 37 heteroatoms. The Hall–Kier alpha value is 4.83. The van der Waals surface area contributed by atoms with Gasteiger partial charge in [-0.1, -0.05) is 54.6 Å². The molecule has 61 heavy (non-hydrogen) atoms. The van der Waals surface area contributed by atoms with Crippen LogP contribution in [0.1, 0.15) is 33.3 Å². The van der Waals surface area contributed by atoms with Crippen molar-refractivity contribution in [3.63, 3.8) is 0 Å². The molecule has 3 nitrogen and oxygen atoms in total. The minimum Gasteiger partial charge on any atom is -0.399 e. The van der Waals surface area contributed by atoms with Crippen LogP contribution in [0.2, 0.25) is 0 Å². The molecular weight excluding hydrogens is 1400 g/mol. The summed E-state index contributed by atoms with van der Waals surface area (Å²) in [5.74, 6) is 0. The van der Waals surface area contributed by atoms with Crippen LogP contribution in [0.15, 0.2) is 66.9 Å². The smallest absolute Gasteiger partial charge is 0.399 e. The van der Waals surface area contributed by atoms with E-state index in [-0.39, 0.29) is 18.3 Å². The molecule has 1 aliphatic heterocycles. The highest BCUT2D eigenvalue weighted by Gasteiger charge is 2.51. The summed E-state index contributed by atoms with van der Waals surface area (Å²) in [6.07, 6.45) is 1.96. The molecule has 0 saturated carbocycles. The van der Waals surface area contributed by atoms with Crippen molar-refractivity contribution in [2.24, 2.45) is 0 Å². The van der Waals surface area contributed by atoms with Crippen LogP contribution in [-0.4, -0.2) is 23.3 Å². The maximum absolute atomic E-state index is 6.14. The number of benzene rings is 2. The van der Waals surface area contributed by atoms with Crippen LogP contribution in [0.3, 0.4) is 0 Å². The first-order valence-electron chi connectivity index (χ1n) is 15.1. The van der Waals surface area contributed by atoms with Gasteiger partial charge in [-0.3, -0.25) is 4.98 Å². The first-order chi connectivity index (χ1) is 29.7. The van der Waals surface area contributed by atoms with E-state index < -0.39 is 0 Å². The van der Waals surface area contributed by atoms with E-state index in [1.165, 1.54) is 28.9 Å². The quantitative estimate of drug-likeness (QED) is 0.348. The Morgan fingerprint density at radius 3 is 1.08 bits per heavy atom. The average molecular weight is 1430 g/mol. The molecule has 0 atom stereocenters. The Bertz CT molecular complexity index is 3340. The number of hydrogen-bond acceptors (Lipinski definition) is 5. The lowest BCUT2D eigenvalue weighted by molar-refractivity contribution is 0.00578. The van der Waals surface area contributed by atoms with Crippen LogP contribution in [0.4, 0.5) is 0 Å². The normalized spacial score (nSPS) is 12.2. The molecule has 1 aromatic heterocycles. The van der Waals surface area contributed by atoms with E-state index in [1.54, 1.807) is 107 Å². The Morgan fingerprint density at radius 2 is 0.770 bits per heavy atom. The highest BCUT2D eigenvalue weighted by molar-refractivity contribution is 8.80. The van der Waals surface area contributed by atoms with Gasteiger partial charge in [-0.25, -0.2) is 0 Å². The minimum absolute atomic E-state index is 0.331. The Morgan fingerprint density at radius 1 is 0.443 bits per heavy atom. The molecule has 0 spiro atoms. The molecule has 4 rings (SSSR count). The standard InChI is InChI=1S/C24H26BNO2.S33/c1-17-15-22(26-16-21(17)18-9-7-6-8-10-18)19-11-13-20(14-12-19)25-27-23(2,3)24(4,5)28-25;1-3-5-7-9-11-13-15-17-19-21-23-25-27-29-31-33-32-30-28-26-24-22-20-18-16-14-12-10-8-6-4-2/h6-16H,1-5H3;. The zero-order valence-electron chi connectivity index (χ0n) is 30.7. The minimum atomic E-state index is -0.339. The second-order valence-corrected chi connectivity index (χ2v) is 65.4. The van der Waals surface area contributed by atoms with E-state index in [4.69, 9.17) is 36.7 Å². The second-order valence-electron chi connectivity index (χ2n) is 10.6. The highest BCUT2D eigenvalue weighted by atomic mass is 33.5. The van der Waals surface area contributed by atoms with E-state index in [0.29, 0.717) is 0 Å². The fourth-order valence-electron chi connectivity index (χ4n) is 3.75. The molecule has 2 aromatic carbocycles. The summed E-state index contributed by atoms with van der Waals surface area (Å²) < 4.78 is 12.3. The van der Waals surface area contributed by atoms with Gasteiger partial charge in [-0.05, 0) is 57.3 Å². The molecule has 340 valence electrons. The number of rotatable bonds is 3. The SMILES string of the molecule is Cc1cc(-c2ccc(B3OC(C)(C)C(C)(C)O3)cc2)ncc1-c1ccccc1.S=S=S=S=S=S=S=S=S=S=S=S=S=S=S=S=S=S=S=S=S=S=S=S=S=S=S=S=S=S=S=S=S. The van der Waals surface area contributed by atoms with Crippen LogP contribution in [0.25, 0.3) is 22.4 Å². The van der Waals surface area contributed by atoms with E-state index >= 15 is 0 Å². The van der Waals surface area contributed by atoms with Crippen LogP contribution < -0.4 is 5.46 Å². The van der Waals surface area contributed by atoms with E-state index in [9.17, 15) is 0 Å². The molecule has 3 aromatic rings. The first kappa shape index (κ1) is 60.1. The molecule has 1 saturated heterocycles. The van der Waals surface area contributed by atoms with Crippen molar-refractivity contribution in [3.8, 4) is 22.4 Å². The highest BCUT2D eigenvalue weighted by Crippen LogP contribution is 2.36. The van der Waals surface area contributed by atoms with Crippen molar-refractivity contribution in [2.45, 2.75) is 45.8 Å². The third-order valence-electron chi connectivity index (χ3n) is 6.76. The predicted octanol–water partition coefficient (Wildman–Crippen LogP) is 4.94. The van der Waals surface area contributed by atoms with Gasteiger partial charge >= 0.3 is 7.12 Å². The molecule has 1 aliphatic rings. The number of aromatic nitrogens is 1. The third-order valence-corrected chi connectivity index (χ3v) is 73.4. The van der Waals surface area contributed by atoms with Crippen molar-refractivity contribution in [1.82, 2.24) is 4.98 Å². The van der Waals surface area contributed by atoms with Crippen molar-refractivity contribution < 1.29 is 9.31 Å². The van der Waals surface area contributed by atoms with E-state index in [1.807, 2.05) is 163 Å². The van der Waals surface area contributed by atoms with Gasteiger partial charge in [-0.2, -0.15) is 0 Å². The topological polar surface area (TPSA) is 31.4 Å². The Labute approximate surface area is 455 Å². The Kier molecular flexibility index (Phi) is 38.0. The van der Waals surface area contributed by atoms with E-state index in [0.717, 1.165) is 22.3 Å². The molecule has 0 amide bonds. The van der Waals surface area contributed by atoms with Gasteiger partial charge in [0.2, 0.25) is 0 Å². The summed E-state index contributed by atoms with van der Waals surface area (Å²) >= 11 is 9.59. The average Bonchev–Trinajstić information content (AvgIpc) is 3.49. The second kappa shape index (κ2) is 38.5. The third kappa shape index (κ3) is 27.3. The van der Waals surface area contributed by atoms with Gasteiger partial charge < -0.3 is 9.31 Å². The van der Waals surface area contributed by atoms with Gasteiger partial charge in [0.1, 0.15) is 0 Å². The van der Waals surface area contributed by atoms with Crippen LogP contribution in [0.5, 0.6) is 0 Å². The zero-order chi connectivity index (χ0) is 43.9. The summed E-state index contributed by atoms with van der Waals surface area (Å²) in [5.41, 5.74) is 5.99. The van der Waals surface area contributed by atoms with Crippen LogP contribution >= 0.6 is 0 Å². The summed E-state index contributed by atoms with van der Waals surface area (Å²) in [7, 11) is 54.2. The molecule has 0 radical (unpaired) electrons. The molecular formula is C24H26BNO2S33. The summed E-state index contributed by atoms with van der Waals surface area (Å²) in [4.78, 5) is 4.70. The maximum Gasteiger partial charge on any atom is 0.494 e. The fraction of sp³-hybridized carbons (Fsp3) is 0.292. The fourth-order valence-corrected chi connectivity index (χ4v) is 83.3. The summed E-state index contributed by atoms with van der Waals surface area (Å²) in [6.45, 7) is 10.4. The number of hydrogen-bond donors (Lipinski definition) is 0. The zero-order valence-corrected chi connectivity index (χ0v) is 57.6. The molecule has 0 unspecified atom stereocenters. The largest absolute Gasteiger partial charge is 0.494 e.